The molecule has 122 valence electrons. The van der Waals surface area contributed by atoms with Crippen molar-refractivity contribution < 1.29 is 0 Å². The van der Waals surface area contributed by atoms with Crippen molar-refractivity contribution in [2.45, 2.75) is 6.42 Å². The number of aromatic nitrogens is 2. The van der Waals surface area contributed by atoms with Gasteiger partial charge in [0.2, 0.25) is 5.95 Å². The third kappa shape index (κ3) is 4.37. The zero-order valence-corrected chi connectivity index (χ0v) is 14.3. The Labute approximate surface area is 150 Å². The summed E-state index contributed by atoms with van der Waals surface area (Å²) in [5.41, 5.74) is 1.95. The van der Waals surface area contributed by atoms with E-state index in [0.29, 0.717) is 21.7 Å². The molecule has 1 heterocycles. The van der Waals surface area contributed by atoms with Crippen molar-refractivity contribution in [2.24, 2.45) is 0 Å². The minimum atomic E-state index is 0.449. The van der Waals surface area contributed by atoms with Crippen molar-refractivity contribution in [2.75, 3.05) is 17.2 Å². The summed E-state index contributed by atoms with van der Waals surface area (Å²) in [4.78, 5) is 8.64. The number of anilines is 3. The third-order valence-corrected chi connectivity index (χ3v) is 4.24. The normalized spacial score (nSPS) is 10.4. The van der Waals surface area contributed by atoms with Gasteiger partial charge >= 0.3 is 0 Å². The lowest BCUT2D eigenvalue weighted by atomic mass is 10.1. The van der Waals surface area contributed by atoms with Crippen LogP contribution in [0.1, 0.15) is 5.56 Å². The third-order valence-electron chi connectivity index (χ3n) is 3.42. The summed E-state index contributed by atoms with van der Waals surface area (Å²) in [7, 11) is 0. The molecule has 0 aliphatic carbocycles. The molecule has 0 amide bonds. The molecule has 24 heavy (non-hydrogen) atoms. The van der Waals surface area contributed by atoms with Gasteiger partial charge in [-0.15, -0.1) is 0 Å². The molecular formula is C18H16Cl2N4. The van der Waals surface area contributed by atoms with Crippen LogP contribution in [0, 0.1) is 0 Å². The number of nitrogens with zero attached hydrogens (tertiary/aromatic N) is 2. The monoisotopic (exact) mass is 358 g/mol. The van der Waals surface area contributed by atoms with Gasteiger partial charge in [0, 0.05) is 12.7 Å². The average molecular weight is 359 g/mol. The predicted molar refractivity (Wildman–Crippen MR) is 100 cm³/mol. The van der Waals surface area contributed by atoms with E-state index in [1.807, 2.05) is 36.4 Å². The molecule has 0 unspecified atom stereocenters. The van der Waals surface area contributed by atoms with Crippen molar-refractivity contribution in [3.8, 4) is 0 Å². The van der Waals surface area contributed by atoms with Gasteiger partial charge in [-0.05, 0) is 30.2 Å². The van der Waals surface area contributed by atoms with E-state index >= 15 is 0 Å². The first kappa shape index (κ1) is 16.6. The van der Waals surface area contributed by atoms with Crippen LogP contribution >= 0.6 is 23.2 Å². The molecule has 0 radical (unpaired) electrons. The number of hydrogen-bond acceptors (Lipinski definition) is 4. The Kier molecular flexibility index (Phi) is 5.51. The Morgan fingerprint density at radius 1 is 0.917 bits per heavy atom. The first-order valence-corrected chi connectivity index (χ1v) is 8.30. The molecule has 0 atom stereocenters. The van der Waals surface area contributed by atoms with Gasteiger partial charge in [-0.25, -0.2) is 4.98 Å². The summed E-state index contributed by atoms with van der Waals surface area (Å²) in [6, 6.07) is 17.5. The molecule has 1 aromatic heterocycles. The summed E-state index contributed by atoms with van der Waals surface area (Å²) in [5.74, 6) is 1.21. The molecule has 3 rings (SSSR count). The highest BCUT2D eigenvalue weighted by Crippen LogP contribution is 2.30. The van der Waals surface area contributed by atoms with Crippen molar-refractivity contribution in [3.63, 3.8) is 0 Å². The molecule has 2 N–H and O–H groups in total. The largest absolute Gasteiger partial charge is 0.370 e. The quantitative estimate of drug-likeness (QED) is 0.637. The van der Waals surface area contributed by atoms with E-state index < -0.39 is 0 Å². The Morgan fingerprint density at radius 2 is 1.75 bits per heavy atom. The standard InChI is InChI=1S/C18H16Cl2N4/c19-14-7-4-8-15(17(14)20)23-18-22-12-10-16(24-18)21-11-9-13-5-2-1-3-6-13/h1-8,10,12H,9,11H2,(H2,21,22,23,24). The fourth-order valence-electron chi connectivity index (χ4n) is 2.22. The van der Waals surface area contributed by atoms with Crippen LogP contribution in [0.2, 0.25) is 10.0 Å². The molecule has 0 aliphatic rings. The van der Waals surface area contributed by atoms with Gasteiger partial charge < -0.3 is 10.6 Å². The summed E-state index contributed by atoms with van der Waals surface area (Å²) < 4.78 is 0. The summed E-state index contributed by atoms with van der Waals surface area (Å²) in [5, 5.41) is 7.31. The minimum absolute atomic E-state index is 0.449. The van der Waals surface area contributed by atoms with Crippen molar-refractivity contribution >= 4 is 40.7 Å². The molecule has 0 spiro atoms. The van der Waals surface area contributed by atoms with Crippen LogP contribution in [0.15, 0.2) is 60.8 Å². The molecule has 0 saturated heterocycles. The number of rotatable bonds is 6. The Morgan fingerprint density at radius 3 is 2.58 bits per heavy atom. The second-order valence-corrected chi connectivity index (χ2v) is 5.94. The molecular weight excluding hydrogens is 343 g/mol. The lowest BCUT2D eigenvalue weighted by Crippen LogP contribution is -2.07. The second kappa shape index (κ2) is 7.99. The van der Waals surface area contributed by atoms with Crippen LogP contribution in [-0.4, -0.2) is 16.5 Å². The van der Waals surface area contributed by atoms with Crippen LogP contribution in [0.25, 0.3) is 0 Å². The fraction of sp³-hybridized carbons (Fsp3) is 0.111. The molecule has 0 bridgehead atoms. The number of benzene rings is 2. The van der Waals surface area contributed by atoms with E-state index in [-0.39, 0.29) is 0 Å². The van der Waals surface area contributed by atoms with Crippen molar-refractivity contribution in [1.82, 2.24) is 9.97 Å². The van der Waals surface area contributed by atoms with Gasteiger partial charge in [-0.1, -0.05) is 59.6 Å². The van der Waals surface area contributed by atoms with Crippen molar-refractivity contribution in [3.05, 3.63) is 76.4 Å². The van der Waals surface area contributed by atoms with Gasteiger partial charge in [-0.2, -0.15) is 4.98 Å². The SMILES string of the molecule is Clc1cccc(Nc2nccc(NCCc3ccccc3)n2)c1Cl. The van der Waals surface area contributed by atoms with E-state index in [0.717, 1.165) is 18.8 Å². The minimum Gasteiger partial charge on any atom is -0.370 e. The smallest absolute Gasteiger partial charge is 0.229 e. The van der Waals surface area contributed by atoms with Gasteiger partial charge in [0.05, 0.1) is 15.7 Å². The van der Waals surface area contributed by atoms with Crippen molar-refractivity contribution in [1.29, 1.82) is 0 Å². The fourth-order valence-corrected chi connectivity index (χ4v) is 2.57. The van der Waals surface area contributed by atoms with E-state index in [4.69, 9.17) is 23.2 Å². The molecule has 0 aliphatic heterocycles. The first-order valence-electron chi connectivity index (χ1n) is 7.54. The van der Waals surface area contributed by atoms with Crippen LogP contribution < -0.4 is 10.6 Å². The maximum atomic E-state index is 6.17. The summed E-state index contributed by atoms with van der Waals surface area (Å²) in [6.07, 6.45) is 2.62. The van der Waals surface area contributed by atoms with Gasteiger partial charge in [-0.3, -0.25) is 0 Å². The average Bonchev–Trinajstić information content (AvgIpc) is 2.60. The second-order valence-electron chi connectivity index (χ2n) is 5.15. The zero-order chi connectivity index (χ0) is 16.8. The highest BCUT2D eigenvalue weighted by molar-refractivity contribution is 6.43. The molecule has 0 saturated carbocycles. The summed E-state index contributed by atoms with van der Waals surface area (Å²) in [6.45, 7) is 0.790. The molecule has 3 aromatic rings. The van der Waals surface area contributed by atoms with E-state index in [2.05, 4.69) is 32.7 Å². The van der Waals surface area contributed by atoms with Crippen LogP contribution in [0.5, 0.6) is 0 Å². The maximum Gasteiger partial charge on any atom is 0.229 e. The number of hydrogen-bond donors (Lipinski definition) is 2. The van der Waals surface area contributed by atoms with Crippen LogP contribution in [-0.2, 0) is 6.42 Å². The van der Waals surface area contributed by atoms with Crippen LogP contribution in [0.4, 0.5) is 17.5 Å². The summed E-state index contributed by atoms with van der Waals surface area (Å²) >= 11 is 12.2. The number of halogens is 2. The lowest BCUT2D eigenvalue weighted by molar-refractivity contribution is 1.00. The van der Waals surface area contributed by atoms with Crippen LogP contribution in [0.3, 0.4) is 0 Å². The molecule has 6 heteroatoms. The lowest BCUT2D eigenvalue weighted by Gasteiger charge is -2.10. The van der Waals surface area contributed by atoms with E-state index in [9.17, 15) is 0 Å². The predicted octanol–water partition coefficient (Wildman–Crippen LogP) is 5.18. The first-order chi connectivity index (χ1) is 11.7. The highest BCUT2D eigenvalue weighted by Gasteiger charge is 2.06. The topological polar surface area (TPSA) is 49.8 Å². The van der Waals surface area contributed by atoms with Gasteiger partial charge in [0.15, 0.2) is 0 Å². The Hall–Kier alpha value is -2.30. The van der Waals surface area contributed by atoms with E-state index in [1.54, 1.807) is 12.3 Å². The maximum absolute atomic E-state index is 6.17. The molecule has 2 aromatic carbocycles. The number of nitrogens with one attached hydrogen (secondary N) is 2. The molecule has 4 nitrogen and oxygen atoms in total. The highest BCUT2D eigenvalue weighted by atomic mass is 35.5. The zero-order valence-electron chi connectivity index (χ0n) is 12.8. The Bertz CT molecular complexity index is 809. The van der Waals surface area contributed by atoms with Gasteiger partial charge in [0.1, 0.15) is 5.82 Å². The van der Waals surface area contributed by atoms with E-state index in [1.165, 1.54) is 5.56 Å². The molecule has 0 fully saturated rings. The van der Waals surface area contributed by atoms with Gasteiger partial charge in [0.25, 0.3) is 0 Å². The Balaban J connectivity index is 1.62.